The van der Waals surface area contributed by atoms with Gasteiger partial charge in [0.15, 0.2) is 17.3 Å². The molecule has 0 radical (unpaired) electrons. The Hall–Kier alpha value is -4.95. The number of nitrogens with zero attached hydrogens (tertiary/aromatic N) is 2. The van der Waals surface area contributed by atoms with Crippen molar-refractivity contribution in [3.63, 3.8) is 0 Å². The molecule has 1 amide bonds. The Morgan fingerprint density at radius 3 is 2.41 bits per heavy atom. The third kappa shape index (κ3) is 7.51. The molecule has 0 bridgehead atoms. The van der Waals surface area contributed by atoms with E-state index in [1.807, 2.05) is 56.3 Å². The van der Waals surface area contributed by atoms with Crippen LogP contribution in [0.25, 0.3) is 5.69 Å². The summed E-state index contributed by atoms with van der Waals surface area (Å²) in [5.41, 5.74) is 8.67. The number of furan rings is 1. The van der Waals surface area contributed by atoms with Crippen molar-refractivity contribution in [3.8, 4) is 22.9 Å². The van der Waals surface area contributed by atoms with E-state index in [2.05, 4.69) is 47.1 Å². The Bertz CT molecular complexity index is 1750. The molecule has 0 aliphatic rings. The van der Waals surface area contributed by atoms with Gasteiger partial charge in [0.2, 0.25) is 0 Å². The molecule has 3 aromatic carbocycles. The minimum absolute atomic E-state index is 0.114. The SMILES string of the molecule is CCOc1cc(/C=N/NC(=O)c2ccc(COc3ccc(-n4c(C)ccc4C)cc3)o2)cc(Cl)c1OCc1cccc(C)c1. The van der Waals surface area contributed by atoms with Gasteiger partial charge in [-0.3, -0.25) is 4.79 Å². The fourth-order valence-electron chi connectivity index (χ4n) is 4.74. The predicted octanol–water partition coefficient (Wildman–Crippen LogP) is 7.97. The predicted molar refractivity (Wildman–Crippen MR) is 171 cm³/mol. The summed E-state index contributed by atoms with van der Waals surface area (Å²) in [4.78, 5) is 12.6. The second kappa shape index (κ2) is 14.0. The Morgan fingerprint density at radius 2 is 1.68 bits per heavy atom. The molecule has 8 nitrogen and oxygen atoms in total. The molecule has 2 heterocycles. The molecule has 226 valence electrons. The molecule has 0 unspecified atom stereocenters. The Balaban J connectivity index is 1.16. The molecule has 44 heavy (non-hydrogen) atoms. The van der Waals surface area contributed by atoms with Gasteiger partial charge in [-0.05, 0) is 99.5 Å². The molecule has 1 N–H and O–H groups in total. The van der Waals surface area contributed by atoms with Crippen LogP contribution in [-0.4, -0.2) is 23.3 Å². The second-order valence-electron chi connectivity index (χ2n) is 10.2. The average molecular weight is 612 g/mol. The Labute approximate surface area is 261 Å². The summed E-state index contributed by atoms with van der Waals surface area (Å²) >= 11 is 6.54. The maximum absolute atomic E-state index is 12.6. The molecule has 0 saturated heterocycles. The molecule has 5 rings (SSSR count). The highest BCUT2D eigenvalue weighted by Crippen LogP contribution is 2.37. The molecule has 0 fully saturated rings. The van der Waals surface area contributed by atoms with Gasteiger partial charge in [-0.2, -0.15) is 5.10 Å². The van der Waals surface area contributed by atoms with Crippen molar-refractivity contribution in [2.75, 3.05) is 6.61 Å². The summed E-state index contributed by atoms with van der Waals surface area (Å²) in [5, 5.41) is 4.44. The monoisotopic (exact) mass is 611 g/mol. The average Bonchev–Trinajstić information content (AvgIpc) is 3.62. The van der Waals surface area contributed by atoms with Crippen molar-refractivity contribution >= 4 is 23.7 Å². The summed E-state index contributed by atoms with van der Waals surface area (Å²) in [6, 6.07) is 26.8. The topological polar surface area (TPSA) is 87.2 Å². The number of hydrogen-bond acceptors (Lipinski definition) is 6. The van der Waals surface area contributed by atoms with Gasteiger partial charge in [0, 0.05) is 17.1 Å². The van der Waals surface area contributed by atoms with Gasteiger partial charge in [-0.15, -0.1) is 0 Å². The zero-order chi connectivity index (χ0) is 31.1. The van der Waals surface area contributed by atoms with Crippen LogP contribution in [0.1, 0.15) is 51.3 Å². The lowest BCUT2D eigenvalue weighted by Gasteiger charge is -2.14. The van der Waals surface area contributed by atoms with E-state index in [4.69, 9.17) is 30.2 Å². The number of carbonyl (C=O) groups excluding carboxylic acids is 1. The molecule has 5 aromatic rings. The molecule has 0 saturated carbocycles. The zero-order valence-electron chi connectivity index (χ0n) is 25.1. The van der Waals surface area contributed by atoms with Crippen molar-refractivity contribution in [1.82, 2.24) is 9.99 Å². The van der Waals surface area contributed by atoms with Crippen molar-refractivity contribution in [3.05, 3.63) is 130 Å². The summed E-state index contributed by atoms with van der Waals surface area (Å²) in [6.07, 6.45) is 1.48. The van der Waals surface area contributed by atoms with Crippen molar-refractivity contribution < 1.29 is 23.4 Å². The van der Waals surface area contributed by atoms with Gasteiger partial charge < -0.3 is 23.2 Å². The molecule has 0 aliphatic carbocycles. The van der Waals surface area contributed by atoms with Gasteiger partial charge in [0.1, 0.15) is 24.7 Å². The van der Waals surface area contributed by atoms with E-state index in [-0.39, 0.29) is 12.4 Å². The fraction of sp³-hybridized carbons (Fsp3) is 0.200. The zero-order valence-corrected chi connectivity index (χ0v) is 25.9. The summed E-state index contributed by atoms with van der Waals surface area (Å²) < 4.78 is 25.5. The number of halogens is 1. The van der Waals surface area contributed by atoms with E-state index >= 15 is 0 Å². The van der Waals surface area contributed by atoms with E-state index in [9.17, 15) is 4.79 Å². The van der Waals surface area contributed by atoms with Crippen LogP contribution in [-0.2, 0) is 13.2 Å². The standard InChI is InChI=1S/C35H34ClN3O5/c1-5-41-33-19-27(18-31(36)34(33)43-21-26-8-6-7-23(2)17-26)20-37-38-35(40)32-16-15-30(44-32)22-42-29-13-11-28(12-14-29)39-24(3)9-10-25(39)4/h6-20H,5,21-22H2,1-4H3,(H,38,40)/b37-20+. The van der Waals surface area contributed by atoms with E-state index in [0.29, 0.717) is 46.8 Å². The van der Waals surface area contributed by atoms with E-state index in [1.54, 1.807) is 24.3 Å². The first kappa shape index (κ1) is 30.5. The highest BCUT2D eigenvalue weighted by Gasteiger charge is 2.14. The van der Waals surface area contributed by atoms with Crippen LogP contribution < -0.4 is 19.6 Å². The van der Waals surface area contributed by atoms with E-state index in [0.717, 1.165) is 28.2 Å². The molecule has 2 aromatic heterocycles. The van der Waals surface area contributed by atoms with Gasteiger partial charge in [-0.25, -0.2) is 5.43 Å². The van der Waals surface area contributed by atoms with Crippen molar-refractivity contribution in [1.29, 1.82) is 0 Å². The number of hydrazone groups is 1. The molecule has 0 spiro atoms. The number of nitrogens with one attached hydrogen (secondary N) is 1. The smallest absolute Gasteiger partial charge is 0.307 e. The maximum atomic E-state index is 12.6. The number of carbonyl (C=O) groups is 1. The third-order valence-corrected chi connectivity index (χ3v) is 7.09. The van der Waals surface area contributed by atoms with E-state index < -0.39 is 5.91 Å². The van der Waals surface area contributed by atoms with Gasteiger partial charge >= 0.3 is 5.91 Å². The van der Waals surface area contributed by atoms with E-state index in [1.165, 1.54) is 6.21 Å². The van der Waals surface area contributed by atoms with Crippen LogP contribution in [0.15, 0.2) is 94.4 Å². The van der Waals surface area contributed by atoms with Crippen LogP contribution in [0.3, 0.4) is 0 Å². The molecular formula is C35H34ClN3O5. The largest absolute Gasteiger partial charge is 0.490 e. The lowest BCUT2D eigenvalue weighted by atomic mass is 10.1. The highest BCUT2D eigenvalue weighted by molar-refractivity contribution is 6.32. The van der Waals surface area contributed by atoms with Crippen molar-refractivity contribution in [2.45, 2.75) is 40.9 Å². The number of amides is 1. The van der Waals surface area contributed by atoms with Crippen molar-refractivity contribution in [2.24, 2.45) is 5.10 Å². The van der Waals surface area contributed by atoms with Gasteiger partial charge in [-0.1, -0.05) is 41.4 Å². The number of aromatic nitrogens is 1. The lowest BCUT2D eigenvalue weighted by Crippen LogP contribution is -2.16. The Morgan fingerprint density at radius 1 is 0.909 bits per heavy atom. The first-order valence-electron chi connectivity index (χ1n) is 14.3. The van der Waals surface area contributed by atoms with Crippen LogP contribution in [0.2, 0.25) is 5.02 Å². The van der Waals surface area contributed by atoms with Crippen LogP contribution in [0.5, 0.6) is 17.2 Å². The second-order valence-corrected chi connectivity index (χ2v) is 10.6. The molecule has 9 heteroatoms. The van der Waals surface area contributed by atoms with Crippen LogP contribution in [0, 0.1) is 20.8 Å². The van der Waals surface area contributed by atoms with Gasteiger partial charge in [0.05, 0.1) is 17.8 Å². The molecular weight excluding hydrogens is 578 g/mol. The number of benzene rings is 3. The highest BCUT2D eigenvalue weighted by atomic mass is 35.5. The maximum Gasteiger partial charge on any atom is 0.307 e. The number of ether oxygens (including phenoxy) is 3. The summed E-state index contributed by atoms with van der Waals surface area (Å²) in [5.74, 6) is 1.75. The third-order valence-electron chi connectivity index (χ3n) is 6.81. The number of rotatable bonds is 12. The van der Waals surface area contributed by atoms with Crippen LogP contribution in [0.4, 0.5) is 0 Å². The first-order chi connectivity index (χ1) is 21.3. The quantitative estimate of drug-likeness (QED) is 0.114. The summed E-state index contributed by atoms with van der Waals surface area (Å²) in [7, 11) is 0. The number of aryl methyl sites for hydroxylation is 3. The van der Waals surface area contributed by atoms with Crippen LogP contribution >= 0.6 is 11.6 Å². The Kier molecular flexibility index (Phi) is 9.72. The minimum Gasteiger partial charge on any atom is -0.490 e. The molecule has 0 aliphatic heterocycles. The lowest BCUT2D eigenvalue weighted by molar-refractivity contribution is 0.0923. The fourth-order valence-corrected chi connectivity index (χ4v) is 5.02. The first-order valence-corrected chi connectivity index (χ1v) is 14.6. The normalized spacial score (nSPS) is 11.1. The molecule has 0 atom stereocenters. The van der Waals surface area contributed by atoms with Gasteiger partial charge in [0.25, 0.3) is 0 Å². The minimum atomic E-state index is -0.497. The number of hydrogen-bond donors (Lipinski definition) is 1. The summed E-state index contributed by atoms with van der Waals surface area (Å²) in [6.45, 7) is 9.00.